The molecular formula is C10H15N5O. The van der Waals surface area contributed by atoms with Gasteiger partial charge in [-0.1, -0.05) is 0 Å². The van der Waals surface area contributed by atoms with Gasteiger partial charge in [-0.2, -0.15) is 0 Å². The van der Waals surface area contributed by atoms with Crippen LogP contribution in [-0.4, -0.2) is 28.9 Å². The zero-order valence-corrected chi connectivity index (χ0v) is 9.64. The average molecular weight is 221 g/mol. The van der Waals surface area contributed by atoms with Gasteiger partial charge in [0.15, 0.2) is 0 Å². The highest BCUT2D eigenvalue weighted by atomic mass is 16.3. The van der Waals surface area contributed by atoms with Crippen molar-refractivity contribution in [2.75, 3.05) is 24.3 Å². The maximum absolute atomic E-state index is 5.22. The van der Waals surface area contributed by atoms with Crippen LogP contribution in [-0.2, 0) is 13.6 Å². The summed E-state index contributed by atoms with van der Waals surface area (Å²) in [5.74, 6) is 2.40. The summed E-state index contributed by atoms with van der Waals surface area (Å²) in [4.78, 5) is 1.91. The van der Waals surface area contributed by atoms with E-state index in [1.165, 1.54) is 0 Å². The lowest BCUT2D eigenvalue weighted by Crippen LogP contribution is -2.14. The minimum atomic E-state index is 0.604. The fourth-order valence-corrected chi connectivity index (χ4v) is 1.44. The van der Waals surface area contributed by atoms with Gasteiger partial charge in [0.1, 0.15) is 5.76 Å². The molecule has 0 fully saturated rings. The Kier molecular flexibility index (Phi) is 2.80. The van der Waals surface area contributed by atoms with Crippen LogP contribution in [0.5, 0.6) is 0 Å². The van der Waals surface area contributed by atoms with Crippen LogP contribution in [0.4, 0.5) is 11.9 Å². The molecule has 16 heavy (non-hydrogen) atoms. The molecule has 0 bridgehead atoms. The number of hydrogen-bond acceptors (Lipinski definition) is 5. The predicted octanol–water partition coefficient (Wildman–Crippen LogP) is 1.09. The fourth-order valence-electron chi connectivity index (χ4n) is 1.44. The number of rotatable bonds is 4. The number of aromatic nitrogens is 3. The zero-order chi connectivity index (χ0) is 11.5. The first-order chi connectivity index (χ1) is 7.68. The maximum atomic E-state index is 5.22. The monoisotopic (exact) mass is 221 g/mol. The van der Waals surface area contributed by atoms with E-state index in [1.54, 1.807) is 6.26 Å². The minimum absolute atomic E-state index is 0.604. The topological polar surface area (TPSA) is 59.1 Å². The van der Waals surface area contributed by atoms with Crippen LogP contribution in [0.25, 0.3) is 0 Å². The largest absolute Gasteiger partial charge is 0.467 e. The lowest BCUT2D eigenvalue weighted by atomic mass is 10.4. The van der Waals surface area contributed by atoms with Crippen LogP contribution in [0.1, 0.15) is 5.76 Å². The molecule has 0 amide bonds. The third-order valence-electron chi connectivity index (χ3n) is 2.25. The van der Waals surface area contributed by atoms with Gasteiger partial charge in [0.05, 0.1) is 12.8 Å². The average Bonchev–Trinajstić information content (AvgIpc) is 2.84. The Bertz CT molecular complexity index is 446. The van der Waals surface area contributed by atoms with Gasteiger partial charge in [-0.3, -0.25) is 4.57 Å². The van der Waals surface area contributed by atoms with E-state index in [4.69, 9.17) is 4.42 Å². The highest BCUT2D eigenvalue weighted by Gasteiger charge is 2.09. The van der Waals surface area contributed by atoms with E-state index in [1.807, 2.05) is 42.7 Å². The Morgan fingerprint density at radius 2 is 2.25 bits per heavy atom. The SMILES string of the molecule is CN(C)c1nnc(NCc2ccco2)n1C. The Morgan fingerprint density at radius 1 is 1.44 bits per heavy atom. The van der Waals surface area contributed by atoms with Crippen LogP contribution in [0, 0.1) is 0 Å². The number of hydrogen-bond donors (Lipinski definition) is 1. The number of anilines is 2. The quantitative estimate of drug-likeness (QED) is 0.837. The van der Waals surface area contributed by atoms with Crippen molar-refractivity contribution in [3.63, 3.8) is 0 Å². The van der Waals surface area contributed by atoms with Gasteiger partial charge >= 0.3 is 0 Å². The molecule has 2 aromatic heterocycles. The van der Waals surface area contributed by atoms with Crippen molar-refractivity contribution in [2.24, 2.45) is 7.05 Å². The van der Waals surface area contributed by atoms with Crippen LogP contribution in [0.2, 0.25) is 0 Å². The maximum Gasteiger partial charge on any atom is 0.227 e. The van der Waals surface area contributed by atoms with Gasteiger partial charge in [0.25, 0.3) is 0 Å². The van der Waals surface area contributed by atoms with Crippen LogP contribution >= 0.6 is 0 Å². The summed E-state index contributed by atoms with van der Waals surface area (Å²) >= 11 is 0. The van der Waals surface area contributed by atoms with Crippen molar-refractivity contribution in [2.45, 2.75) is 6.54 Å². The normalized spacial score (nSPS) is 10.4. The highest BCUT2D eigenvalue weighted by Crippen LogP contribution is 2.12. The summed E-state index contributed by atoms with van der Waals surface area (Å²) in [5.41, 5.74) is 0. The summed E-state index contributed by atoms with van der Waals surface area (Å²) in [6.07, 6.45) is 1.65. The molecule has 6 heteroatoms. The molecule has 0 aliphatic heterocycles. The molecule has 0 aromatic carbocycles. The molecule has 2 aromatic rings. The summed E-state index contributed by atoms with van der Waals surface area (Å²) in [7, 11) is 5.78. The minimum Gasteiger partial charge on any atom is -0.467 e. The van der Waals surface area contributed by atoms with Crippen LogP contribution in [0.15, 0.2) is 22.8 Å². The van der Waals surface area contributed by atoms with Gasteiger partial charge in [0, 0.05) is 21.1 Å². The van der Waals surface area contributed by atoms with Gasteiger partial charge in [-0.15, -0.1) is 10.2 Å². The molecule has 2 rings (SSSR count). The lowest BCUT2D eigenvalue weighted by molar-refractivity contribution is 0.517. The molecule has 0 aliphatic rings. The van der Waals surface area contributed by atoms with Crippen molar-refractivity contribution in [3.05, 3.63) is 24.2 Å². The Morgan fingerprint density at radius 3 is 2.81 bits per heavy atom. The van der Waals surface area contributed by atoms with Crippen molar-refractivity contribution in [1.82, 2.24) is 14.8 Å². The zero-order valence-electron chi connectivity index (χ0n) is 9.64. The van der Waals surface area contributed by atoms with E-state index in [0.29, 0.717) is 6.54 Å². The van der Waals surface area contributed by atoms with Crippen molar-refractivity contribution < 1.29 is 4.42 Å². The molecular weight excluding hydrogens is 206 g/mol. The molecule has 2 heterocycles. The van der Waals surface area contributed by atoms with Crippen molar-refractivity contribution in [3.8, 4) is 0 Å². The molecule has 6 nitrogen and oxygen atoms in total. The predicted molar refractivity (Wildman–Crippen MR) is 61.4 cm³/mol. The van der Waals surface area contributed by atoms with Gasteiger partial charge in [-0.25, -0.2) is 0 Å². The third-order valence-corrected chi connectivity index (χ3v) is 2.25. The number of furan rings is 1. The third kappa shape index (κ3) is 2.00. The first kappa shape index (κ1) is 10.5. The molecule has 0 saturated heterocycles. The second kappa shape index (κ2) is 4.26. The highest BCUT2D eigenvalue weighted by molar-refractivity contribution is 5.37. The summed E-state index contributed by atoms with van der Waals surface area (Å²) < 4.78 is 7.11. The Balaban J connectivity index is 2.05. The first-order valence-electron chi connectivity index (χ1n) is 5.01. The van der Waals surface area contributed by atoms with Crippen molar-refractivity contribution in [1.29, 1.82) is 0 Å². The fraction of sp³-hybridized carbons (Fsp3) is 0.400. The standard InChI is InChI=1S/C10H15N5O/c1-14(2)10-13-12-9(15(10)3)11-7-8-5-4-6-16-8/h4-6H,7H2,1-3H3,(H,11,12). The second-order valence-corrected chi connectivity index (χ2v) is 3.71. The molecule has 0 unspecified atom stereocenters. The van der Waals surface area contributed by atoms with Crippen LogP contribution in [0.3, 0.4) is 0 Å². The van der Waals surface area contributed by atoms with E-state index < -0.39 is 0 Å². The van der Waals surface area contributed by atoms with Gasteiger partial charge in [-0.05, 0) is 12.1 Å². The molecule has 1 N–H and O–H groups in total. The molecule has 0 atom stereocenters. The number of nitrogens with one attached hydrogen (secondary N) is 1. The van der Waals surface area contributed by atoms with Crippen molar-refractivity contribution >= 4 is 11.9 Å². The summed E-state index contributed by atoms with van der Waals surface area (Å²) in [6.45, 7) is 0.604. The summed E-state index contributed by atoms with van der Waals surface area (Å²) in [5, 5.41) is 11.3. The van der Waals surface area contributed by atoms with E-state index >= 15 is 0 Å². The first-order valence-corrected chi connectivity index (χ1v) is 5.01. The van der Waals surface area contributed by atoms with E-state index in [0.717, 1.165) is 17.7 Å². The molecule has 0 spiro atoms. The van der Waals surface area contributed by atoms with E-state index in [-0.39, 0.29) is 0 Å². The summed E-state index contributed by atoms with van der Waals surface area (Å²) in [6, 6.07) is 3.77. The van der Waals surface area contributed by atoms with Gasteiger partial charge < -0.3 is 14.6 Å². The second-order valence-electron chi connectivity index (χ2n) is 3.71. The van der Waals surface area contributed by atoms with E-state index in [2.05, 4.69) is 15.5 Å². The van der Waals surface area contributed by atoms with Crippen LogP contribution < -0.4 is 10.2 Å². The molecule has 0 aliphatic carbocycles. The molecule has 0 saturated carbocycles. The Labute approximate surface area is 93.9 Å². The lowest BCUT2D eigenvalue weighted by Gasteiger charge is -2.11. The smallest absolute Gasteiger partial charge is 0.227 e. The van der Waals surface area contributed by atoms with E-state index in [9.17, 15) is 0 Å². The molecule has 86 valence electrons. The molecule has 0 radical (unpaired) electrons. The van der Waals surface area contributed by atoms with Gasteiger partial charge in [0.2, 0.25) is 11.9 Å². The number of nitrogens with zero attached hydrogens (tertiary/aromatic N) is 4. The Hall–Kier alpha value is -1.98.